The number of esters is 1. The van der Waals surface area contributed by atoms with Crippen LogP contribution >= 0.6 is 0 Å². The summed E-state index contributed by atoms with van der Waals surface area (Å²) in [6, 6.07) is 0. The Labute approximate surface area is 101 Å². The second-order valence-electron chi connectivity index (χ2n) is 4.83. The van der Waals surface area contributed by atoms with Gasteiger partial charge in [0.2, 0.25) is 0 Å². The average molecular weight is 238 g/mol. The molecule has 0 saturated heterocycles. The molecule has 1 aliphatic rings. The van der Waals surface area contributed by atoms with Crippen LogP contribution in [0.5, 0.6) is 0 Å². The fraction of sp³-hybridized carbons (Fsp3) is 0.667. The van der Waals surface area contributed by atoms with Gasteiger partial charge in [-0.1, -0.05) is 0 Å². The zero-order valence-corrected chi connectivity index (χ0v) is 10.7. The summed E-state index contributed by atoms with van der Waals surface area (Å²) in [5, 5.41) is 4.39. The van der Waals surface area contributed by atoms with Gasteiger partial charge < -0.3 is 9.47 Å². The zero-order chi connectivity index (χ0) is 12.6. The van der Waals surface area contributed by atoms with Crippen molar-refractivity contribution in [3.8, 4) is 0 Å². The molecule has 1 aliphatic heterocycles. The number of rotatable bonds is 2. The van der Waals surface area contributed by atoms with Crippen LogP contribution in [0.3, 0.4) is 0 Å². The Morgan fingerprint density at radius 3 is 2.94 bits per heavy atom. The number of hydrogen-bond donors (Lipinski definition) is 0. The van der Waals surface area contributed by atoms with Crippen LogP contribution in [0, 0.1) is 6.92 Å². The van der Waals surface area contributed by atoms with Crippen molar-refractivity contribution in [2.45, 2.75) is 46.4 Å². The normalized spacial score (nSPS) is 17.6. The number of hydrogen-bond acceptors (Lipinski definition) is 4. The molecule has 0 aliphatic carbocycles. The molecule has 0 amide bonds. The summed E-state index contributed by atoms with van der Waals surface area (Å²) in [5.74, 6) is -0.311. The summed E-state index contributed by atoms with van der Waals surface area (Å²) in [7, 11) is 0. The SMILES string of the molecule is CCOC(=O)c1c(C)nn2c1COC(C)(C)C2. The van der Waals surface area contributed by atoms with Gasteiger partial charge in [0.25, 0.3) is 0 Å². The molecule has 0 unspecified atom stereocenters. The van der Waals surface area contributed by atoms with E-state index in [2.05, 4.69) is 5.10 Å². The molecule has 17 heavy (non-hydrogen) atoms. The molecule has 0 N–H and O–H groups in total. The fourth-order valence-corrected chi connectivity index (χ4v) is 2.05. The molecular formula is C12H18N2O3. The minimum Gasteiger partial charge on any atom is -0.462 e. The van der Waals surface area contributed by atoms with Gasteiger partial charge >= 0.3 is 5.97 Å². The van der Waals surface area contributed by atoms with Gasteiger partial charge in [-0.25, -0.2) is 4.79 Å². The summed E-state index contributed by atoms with van der Waals surface area (Å²) in [6.07, 6.45) is 0. The van der Waals surface area contributed by atoms with Crippen LogP contribution in [0.25, 0.3) is 0 Å². The molecule has 0 bridgehead atoms. The second kappa shape index (κ2) is 4.14. The number of carbonyl (C=O) groups is 1. The van der Waals surface area contributed by atoms with Gasteiger partial charge in [-0.3, -0.25) is 4.68 Å². The molecule has 1 aromatic heterocycles. The molecule has 94 valence electrons. The van der Waals surface area contributed by atoms with E-state index in [1.165, 1.54) is 0 Å². The largest absolute Gasteiger partial charge is 0.462 e. The van der Waals surface area contributed by atoms with Gasteiger partial charge in [-0.2, -0.15) is 5.10 Å². The van der Waals surface area contributed by atoms with E-state index >= 15 is 0 Å². The molecule has 0 saturated carbocycles. The maximum absolute atomic E-state index is 11.8. The highest BCUT2D eigenvalue weighted by Gasteiger charge is 2.32. The summed E-state index contributed by atoms with van der Waals surface area (Å²) in [4.78, 5) is 11.8. The maximum atomic E-state index is 11.8. The summed E-state index contributed by atoms with van der Waals surface area (Å²) < 4.78 is 12.6. The third-order valence-corrected chi connectivity index (χ3v) is 2.84. The van der Waals surface area contributed by atoms with E-state index in [1.807, 2.05) is 25.5 Å². The molecule has 5 nitrogen and oxygen atoms in total. The molecule has 5 heteroatoms. The molecule has 2 heterocycles. The number of carbonyl (C=O) groups excluding carboxylic acids is 1. The zero-order valence-electron chi connectivity index (χ0n) is 10.7. The third kappa shape index (κ3) is 2.20. The standard InChI is InChI=1S/C12H18N2O3/c1-5-16-11(15)10-8(2)13-14-7-12(3,4)17-6-9(10)14/h5-7H2,1-4H3. The third-order valence-electron chi connectivity index (χ3n) is 2.84. The first-order valence-corrected chi connectivity index (χ1v) is 5.82. The lowest BCUT2D eigenvalue weighted by Crippen LogP contribution is -2.36. The fourth-order valence-electron chi connectivity index (χ4n) is 2.05. The first-order chi connectivity index (χ1) is 7.94. The summed E-state index contributed by atoms with van der Waals surface area (Å²) in [5.41, 5.74) is 1.85. The van der Waals surface area contributed by atoms with Crippen LogP contribution in [0.15, 0.2) is 0 Å². The van der Waals surface area contributed by atoms with E-state index in [1.54, 1.807) is 6.92 Å². The van der Waals surface area contributed by atoms with E-state index in [0.29, 0.717) is 31.0 Å². The van der Waals surface area contributed by atoms with Gasteiger partial charge in [0, 0.05) is 0 Å². The van der Waals surface area contributed by atoms with Crippen molar-refractivity contribution < 1.29 is 14.3 Å². The Bertz CT molecular complexity index is 449. The smallest absolute Gasteiger partial charge is 0.341 e. The predicted octanol–water partition coefficient (Wildman–Crippen LogP) is 1.68. The van der Waals surface area contributed by atoms with Crippen LogP contribution in [0.1, 0.15) is 42.5 Å². The van der Waals surface area contributed by atoms with Crippen LogP contribution in [0.2, 0.25) is 0 Å². The Morgan fingerprint density at radius 1 is 1.59 bits per heavy atom. The minimum atomic E-state index is -0.311. The Balaban J connectivity index is 2.37. The number of aryl methyl sites for hydroxylation is 1. The first-order valence-electron chi connectivity index (χ1n) is 5.82. The van der Waals surface area contributed by atoms with Crippen molar-refractivity contribution >= 4 is 5.97 Å². The van der Waals surface area contributed by atoms with Crippen molar-refractivity contribution in [1.82, 2.24) is 9.78 Å². The molecule has 1 aromatic rings. The van der Waals surface area contributed by atoms with Gasteiger partial charge in [0.15, 0.2) is 0 Å². The van der Waals surface area contributed by atoms with E-state index in [-0.39, 0.29) is 11.6 Å². The maximum Gasteiger partial charge on any atom is 0.341 e. The van der Waals surface area contributed by atoms with Crippen LogP contribution < -0.4 is 0 Å². The summed E-state index contributed by atoms with van der Waals surface area (Å²) in [6.45, 7) is 9.07. The Morgan fingerprint density at radius 2 is 2.29 bits per heavy atom. The lowest BCUT2D eigenvalue weighted by Gasteiger charge is -2.30. The molecule has 0 spiro atoms. The van der Waals surface area contributed by atoms with Crippen LogP contribution in [-0.4, -0.2) is 28.0 Å². The quantitative estimate of drug-likeness (QED) is 0.735. The topological polar surface area (TPSA) is 53.3 Å². The van der Waals surface area contributed by atoms with E-state index in [9.17, 15) is 4.79 Å². The number of nitrogens with zero attached hydrogens (tertiary/aromatic N) is 2. The highest BCUT2D eigenvalue weighted by atomic mass is 16.5. The Kier molecular flexibility index (Phi) is 2.95. The van der Waals surface area contributed by atoms with E-state index in [0.717, 1.165) is 5.69 Å². The van der Waals surface area contributed by atoms with E-state index in [4.69, 9.17) is 9.47 Å². The van der Waals surface area contributed by atoms with Crippen molar-refractivity contribution in [2.24, 2.45) is 0 Å². The summed E-state index contributed by atoms with van der Waals surface area (Å²) >= 11 is 0. The molecular weight excluding hydrogens is 220 g/mol. The van der Waals surface area contributed by atoms with Crippen molar-refractivity contribution in [3.05, 3.63) is 17.0 Å². The van der Waals surface area contributed by atoms with Crippen LogP contribution in [0.4, 0.5) is 0 Å². The number of ether oxygens (including phenoxy) is 2. The molecule has 0 radical (unpaired) electrons. The minimum absolute atomic E-state index is 0.239. The lowest BCUT2D eigenvalue weighted by molar-refractivity contribution is -0.0665. The van der Waals surface area contributed by atoms with Gasteiger partial charge in [0.05, 0.1) is 36.7 Å². The highest BCUT2D eigenvalue weighted by molar-refractivity contribution is 5.91. The highest BCUT2D eigenvalue weighted by Crippen LogP contribution is 2.26. The lowest BCUT2D eigenvalue weighted by atomic mass is 10.1. The Hall–Kier alpha value is -1.36. The van der Waals surface area contributed by atoms with E-state index < -0.39 is 0 Å². The molecule has 0 aromatic carbocycles. The van der Waals surface area contributed by atoms with Gasteiger partial charge in [0.1, 0.15) is 5.56 Å². The number of aromatic nitrogens is 2. The predicted molar refractivity (Wildman–Crippen MR) is 61.8 cm³/mol. The second-order valence-corrected chi connectivity index (χ2v) is 4.83. The van der Waals surface area contributed by atoms with Crippen molar-refractivity contribution in [2.75, 3.05) is 6.61 Å². The molecule has 0 atom stereocenters. The first kappa shape index (κ1) is 12.1. The number of fused-ring (bicyclic) bond motifs is 1. The monoisotopic (exact) mass is 238 g/mol. The van der Waals surface area contributed by atoms with Gasteiger partial charge in [-0.05, 0) is 27.7 Å². The average Bonchev–Trinajstić information content (AvgIpc) is 2.51. The van der Waals surface area contributed by atoms with Gasteiger partial charge in [-0.15, -0.1) is 0 Å². The van der Waals surface area contributed by atoms with Crippen molar-refractivity contribution in [1.29, 1.82) is 0 Å². The molecule has 2 rings (SSSR count). The van der Waals surface area contributed by atoms with Crippen molar-refractivity contribution in [3.63, 3.8) is 0 Å². The van der Waals surface area contributed by atoms with Crippen LogP contribution in [-0.2, 0) is 22.6 Å². The molecule has 0 fully saturated rings.